The number of ether oxygens (including phenoxy) is 3. The Bertz CT molecular complexity index is 906. The molecule has 0 saturated heterocycles. The lowest BCUT2D eigenvalue weighted by Crippen LogP contribution is -2.32. The van der Waals surface area contributed by atoms with E-state index in [1.54, 1.807) is 31.4 Å². The molecule has 0 atom stereocenters. The van der Waals surface area contributed by atoms with Crippen LogP contribution in [0.4, 0.5) is 11.4 Å². The van der Waals surface area contributed by atoms with Crippen LogP contribution < -0.4 is 24.8 Å². The molecule has 2 aromatic carbocycles. The number of rotatable bonds is 5. The number of nitrogens with one attached hydrogen (secondary N) is 2. The minimum atomic E-state index is -0.0960. The van der Waals surface area contributed by atoms with Gasteiger partial charge in [0.1, 0.15) is 5.75 Å². The van der Waals surface area contributed by atoms with Gasteiger partial charge in [0.15, 0.2) is 11.5 Å². The molecule has 1 saturated carbocycles. The Morgan fingerprint density at radius 3 is 2.14 bits per heavy atom. The Morgan fingerprint density at radius 1 is 0.862 bits per heavy atom. The van der Waals surface area contributed by atoms with Crippen molar-refractivity contribution in [3.8, 4) is 17.2 Å². The molecule has 29 heavy (non-hydrogen) atoms. The van der Waals surface area contributed by atoms with E-state index < -0.39 is 0 Å². The van der Waals surface area contributed by atoms with Gasteiger partial charge in [0, 0.05) is 35.3 Å². The first-order valence-corrected chi connectivity index (χ1v) is 9.78. The van der Waals surface area contributed by atoms with Gasteiger partial charge in [-0.15, -0.1) is 0 Å². The van der Waals surface area contributed by atoms with Crippen LogP contribution >= 0.6 is 0 Å². The van der Waals surface area contributed by atoms with E-state index >= 15 is 0 Å². The van der Waals surface area contributed by atoms with Crippen LogP contribution in [-0.4, -0.2) is 25.7 Å². The standard InChI is InChI=1S/C22H24N2O5/c1-27-18-4-2-3-16(11-18)23-21(25)14-5-7-15(8-6-14)22(26)24-17-9-10-19-20(12-17)29-13-28-19/h2-4,9-12,14-15H,5-8,13H2,1H3,(H,23,25)(H,24,26). The summed E-state index contributed by atoms with van der Waals surface area (Å²) in [7, 11) is 1.59. The van der Waals surface area contributed by atoms with Crippen molar-refractivity contribution in [2.75, 3.05) is 24.5 Å². The van der Waals surface area contributed by atoms with Crippen molar-refractivity contribution in [1.29, 1.82) is 0 Å². The zero-order valence-corrected chi connectivity index (χ0v) is 16.3. The van der Waals surface area contributed by atoms with Crippen molar-refractivity contribution in [2.24, 2.45) is 11.8 Å². The molecule has 0 spiro atoms. The average Bonchev–Trinajstić information content (AvgIpc) is 3.22. The first-order chi connectivity index (χ1) is 14.1. The molecule has 0 bridgehead atoms. The average molecular weight is 396 g/mol. The fourth-order valence-corrected chi connectivity index (χ4v) is 3.78. The van der Waals surface area contributed by atoms with Crippen LogP contribution in [0.2, 0.25) is 0 Å². The maximum absolute atomic E-state index is 12.6. The highest BCUT2D eigenvalue weighted by Crippen LogP contribution is 2.35. The molecule has 152 valence electrons. The predicted molar refractivity (Wildman–Crippen MR) is 108 cm³/mol. The number of methoxy groups -OCH3 is 1. The molecule has 1 heterocycles. The Hall–Kier alpha value is -3.22. The highest BCUT2D eigenvalue weighted by Gasteiger charge is 2.30. The maximum atomic E-state index is 12.6. The number of fused-ring (bicyclic) bond motifs is 1. The molecule has 0 radical (unpaired) electrons. The summed E-state index contributed by atoms with van der Waals surface area (Å²) in [5, 5.41) is 5.90. The van der Waals surface area contributed by atoms with Crippen molar-refractivity contribution in [3.05, 3.63) is 42.5 Å². The quantitative estimate of drug-likeness (QED) is 0.803. The van der Waals surface area contributed by atoms with Gasteiger partial charge in [0.25, 0.3) is 0 Å². The van der Waals surface area contributed by atoms with E-state index in [0.29, 0.717) is 48.6 Å². The Balaban J connectivity index is 1.28. The van der Waals surface area contributed by atoms with Crippen LogP contribution in [-0.2, 0) is 9.59 Å². The lowest BCUT2D eigenvalue weighted by Gasteiger charge is -2.27. The summed E-state index contributed by atoms with van der Waals surface area (Å²) < 4.78 is 15.8. The number of benzene rings is 2. The number of hydrogen-bond donors (Lipinski definition) is 2. The Labute approximate surface area is 169 Å². The van der Waals surface area contributed by atoms with Crippen molar-refractivity contribution in [3.63, 3.8) is 0 Å². The number of hydrogen-bond acceptors (Lipinski definition) is 5. The fourth-order valence-electron chi connectivity index (χ4n) is 3.78. The SMILES string of the molecule is COc1cccc(NC(=O)C2CCC(C(=O)Nc3ccc4c(c3)OCO4)CC2)c1. The topological polar surface area (TPSA) is 85.9 Å². The number of amides is 2. The van der Waals surface area contributed by atoms with Gasteiger partial charge >= 0.3 is 0 Å². The normalized spacial score (nSPS) is 20.0. The molecule has 1 aliphatic carbocycles. The second-order valence-electron chi connectivity index (χ2n) is 7.33. The van der Waals surface area contributed by atoms with Gasteiger partial charge in [-0.3, -0.25) is 9.59 Å². The van der Waals surface area contributed by atoms with E-state index in [4.69, 9.17) is 14.2 Å². The molecule has 2 N–H and O–H groups in total. The van der Waals surface area contributed by atoms with Gasteiger partial charge in [0.2, 0.25) is 18.6 Å². The van der Waals surface area contributed by atoms with Crippen LogP contribution in [0.15, 0.2) is 42.5 Å². The van der Waals surface area contributed by atoms with E-state index in [9.17, 15) is 9.59 Å². The van der Waals surface area contributed by atoms with Gasteiger partial charge < -0.3 is 24.8 Å². The molecule has 7 nitrogen and oxygen atoms in total. The molecule has 2 amide bonds. The van der Waals surface area contributed by atoms with E-state index in [1.807, 2.05) is 18.2 Å². The lowest BCUT2D eigenvalue weighted by atomic mass is 9.81. The smallest absolute Gasteiger partial charge is 0.231 e. The highest BCUT2D eigenvalue weighted by atomic mass is 16.7. The summed E-state index contributed by atoms with van der Waals surface area (Å²) in [4.78, 5) is 25.2. The number of carbonyl (C=O) groups is 2. The van der Waals surface area contributed by atoms with Crippen molar-refractivity contribution < 1.29 is 23.8 Å². The minimum Gasteiger partial charge on any atom is -0.497 e. The van der Waals surface area contributed by atoms with Crippen LogP contribution in [0, 0.1) is 11.8 Å². The highest BCUT2D eigenvalue weighted by molar-refractivity contribution is 5.94. The van der Waals surface area contributed by atoms with E-state index in [1.165, 1.54) is 0 Å². The first-order valence-electron chi connectivity index (χ1n) is 9.78. The van der Waals surface area contributed by atoms with E-state index in [-0.39, 0.29) is 30.4 Å². The van der Waals surface area contributed by atoms with Crippen molar-refractivity contribution in [1.82, 2.24) is 0 Å². The lowest BCUT2D eigenvalue weighted by molar-refractivity contribution is -0.125. The molecule has 0 aromatic heterocycles. The predicted octanol–water partition coefficient (Wildman–Crippen LogP) is 3.81. The molecule has 4 rings (SSSR count). The third-order valence-corrected chi connectivity index (χ3v) is 5.45. The van der Waals surface area contributed by atoms with E-state index in [0.717, 1.165) is 5.69 Å². The monoisotopic (exact) mass is 396 g/mol. The summed E-state index contributed by atoms with van der Waals surface area (Å²) >= 11 is 0. The minimum absolute atomic E-state index is 0.00659. The molecule has 7 heteroatoms. The summed E-state index contributed by atoms with van der Waals surface area (Å²) in [6.45, 7) is 0.203. The second-order valence-corrected chi connectivity index (χ2v) is 7.33. The molecular formula is C22H24N2O5. The first kappa shape index (κ1) is 19.1. The van der Waals surface area contributed by atoms with Gasteiger partial charge in [0.05, 0.1) is 7.11 Å². The van der Waals surface area contributed by atoms with Gasteiger partial charge in [-0.1, -0.05) is 6.07 Å². The Kier molecular flexibility index (Phi) is 5.55. The second kappa shape index (κ2) is 8.43. The summed E-state index contributed by atoms with van der Waals surface area (Å²) in [6.07, 6.45) is 2.75. The van der Waals surface area contributed by atoms with E-state index in [2.05, 4.69) is 10.6 Å². The zero-order chi connectivity index (χ0) is 20.2. The molecule has 2 aliphatic rings. The Morgan fingerprint density at radius 2 is 1.48 bits per heavy atom. The van der Waals surface area contributed by atoms with Crippen molar-refractivity contribution >= 4 is 23.2 Å². The summed E-state index contributed by atoms with van der Waals surface area (Å²) in [5.74, 6) is 1.82. The molecule has 1 fully saturated rings. The fraction of sp³-hybridized carbons (Fsp3) is 0.364. The third-order valence-electron chi connectivity index (χ3n) is 5.45. The van der Waals surface area contributed by atoms with Crippen LogP contribution in [0.1, 0.15) is 25.7 Å². The molecule has 2 aromatic rings. The number of anilines is 2. The zero-order valence-electron chi connectivity index (χ0n) is 16.3. The van der Waals surface area contributed by atoms with Crippen molar-refractivity contribution in [2.45, 2.75) is 25.7 Å². The van der Waals surface area contributed by atoms with Gasteiger partial charge in [-0.2, -0.15) is 0 Å². The maximum Gasteiger partial charge on any atom is 0.231 e. The van der Waals surface area contributed by atoms with Gasteiger partial charge in [-0.05, 0) is 49.9 Å². The molecule has 1 aliphatic heterocycles. The number of carbonyl (C=O) groups excluding carboxylic acids is 2. The molecule has 0 unspecified atom stereocenters. The van der Waals surface area contributed by atoms with Crippen LogP contribution in [0.3, 0.4) is 0 Å². The van der Waals surface area contributed by atoms with Crippen LogP contribution in [0.5, 0.6) is 17.2 Å². The summed E-state index contributed by atoms with van der Waals surface area (Å²) in [5.41, 5.74) is 1.41. The van der Waals surface area contributed by atoms with Gasteiger partial charge in [-0.25, -0.2) is 0 Å². The van der Waals surface area contributed by atoms with Crippen LogP contribution in [0.25, 0.3) is 0 Å². The molecular weight excluding hydrogens is 372 g/mol. The largest absolute Gasteiger partial charge is 0.497 e. The third kappa shape index (κ3) is 4.45. The summed E-state index contributed by atoms with van der Waals surface area (Å²) in [6, 6.07) is 12.7.